The molecule has 0 atom stereocenters. The molecule has 174 valence electrons. The Balaban J connectivity index is 0.000000821. The summed E-state index contributed by atoms with van der Waals surface area (Å²) in [6, 6.07) is 2.15. The van der Waals surface area contributed by atoms with Gasteiger partial charge >= 0.3 is 0 Å². The van der Waals surface area contributed by atoms with Crippen molar-refractivity contribution >= 4 is 23.2 Å². The lowest BCUT2D eigenvalue weighted by Gasteiger charge is -2.25. The largest absolute Gasteiger partial charge is 0.483 e. The first-order valence-corrected chi connectivity index (χ1v) is 10.6. The maximum Gasteiger partial charge on any atom is 0.290 e. The molecule has 0 radical (unpaired) electrons. The number of nitrogens with one attached hydrogen (secondary N) is 1. The van der Waals surface area contributed by atoms with Crippen LogP contribution in [0.2, 0.25) is 0 Å². The van der Waals surface area contributed by atoms with Crippen LogP contribution in [0.1, 0.15) is 37.1 Å². The fourth-order valence-corrected chi connectivity index (χ4v) is 3.70. The maximum absolute atomic E-state index is 8.36. The highest BCUT2D eigenvalue weighted by Crippen LogP contribution is 2.34. The highest BCUT2D eigenvalue weighted by atomic mass is 16.5. The van der Waals surface area contributed by atoms with Crippen LogP contribution in [-0.4, -0.2) is 61.0 Å². The summed E-state index contributed by atoms with van der Waals surface area (Å²) in [5, 5.41) is 28.3. The molecular weight excluding hydrogens is 430 g/mol. The van der Waals surface area contributed by atoms with Gasteiger partial charge in [0.1, 0.15) is 5.76 Å². The van der Waals surface area contributed by atoms with E-state index >= 15 is 0 Å². The van der Waals surface area contributed by atoms with Gasteiger partial charge in [0.25, 0.3) is 12.4 Å². The molecule has 0 bridgehead atoms. The Bertz CT molecular complexity index is 1210. The fraction of sp³-hybridized carbons (Fsp3) is 0.429. The van der Waals surface area contributed by atoms with E-state index in [0.29, 0.717) is 30.0 Å². The third-order valence-electron chi connectivity index (χ3n) is 5.23. The highest BCUT2D eigenvalue weighted by molar-refractivity contribution is 5.96. The molecule has 0 unspecified atom stereocenters. The van der Waals surface area contributed by atoms with E-state index in [0.717, 1.165) is 60.6 Å². The Morgan fingerprint density at radius 2 is 2.06 bits per heavy atom. The van der Waals surface area contributed by atoms with Crippen LogP contribution in [0.4, 0.5) is 5.69 Å². The number of nitrogens with zero attached hydrogens (tertiary/aromatic N) is 6. The summed E-state index contributed by atoms with van der Waals surface area (Å²) in [4.78, 5) is 13.0. The van der Waals surface area contributed by atoms with Gasteiger partial charge in [-0.25, -0.2) is 9.67 Å². The number of aromatic nitrogens is 6. The molecule has 1 saturated heterocycles. The number of fused-ring (bicyclic) bond motifs is 1. The third-order valence-corrected chi connectivity index (χ3v) is 5.23. The molecule has 33 heavy (non-hydrogen) atoms. The molecule has 4 aromatic rings. The topological polar surface area (TPSA) is 154 Å². The monoisotopic (exact) mass is 455 g/mol. The van der Waals surface area contributed by atoms with Crippen molar-refractivity contribution in [3.63, 3.8) is 0 Å². The van der Waals surface area contributed by atoms with Crippen molar-refractivity contribution in [2.24, 2.45) is 0 Å². The summed E-state index contributed by atoms with van der Waals surface area (Å²) in [6.45, 7) is 5.91. The van der Waals surface area contributed by atoms with Gasteiger partial charge in [-0.2, -0.15) is 5.10 Å². The second kappa shape index (κ2) is 10.2. The average molecular weight is 455 g/mol. The quantitative estimate of drug-likeness (QED) is 0.412. The van der Waals surface area contributed by atoms with Crippen molar-refractivity contribution in [1.29, 1.82) is 0 Å². The minimum absolute atomic E-state index is 0.250. The molecule has 0 aliphatic carbocycles. The first kappa shape index (κ1) is 22.4. The molecule has 0 spiro atoms. The van der Waals surface area contributed by atoms with Gasteiger partial charge < -0.3 is 24.1 Å². The Morgan fingerprint density at radius 1 is 1.27 bits per heavy atom. The average Bonchev–Trinajstić information content (AvgIpc) is 3.55. The minimum Gasteiger partial charge on any atom is -0.483 e. The van der Waals surface area contributed by atoms with Crippen LogP contribution in [-0.2, 0) is 22.5 Å². The summed E-state index contributed by atoms with van der Waals surface area (Å²) in [5.74, 6) is 1.55. The predicted octanol–water partition coefficient (Wildman–Crippen LogP) is 2.68. The molecule has 2 N–H and O–H groups in total. The smallest absolute Gasteiger partial charge is 0.290 e. The van der Waals surface area contributed by atoms with Crippen molar-refractivity contribution in [1.82, 2.24) is 30.1 Å². The minimum atomic E-state index is -0.250. The molecule has 1 fully saturated rings. The van der Waals surface area contributed by atoms with Crippen LogP contribution < -0.4 is 5.32 Å². The second-order valence-electron chi connectivity index (χ2n) is 7.49. The van der Waals surface area contributed by atoms with Crippen molar-refractivity contribution in [2.75, 3.05) is 18.5 Å². The van der Waals surface area contributed by atoms with Gasteiger partial charge in [0, 0.05) is 38.1 Å². The van der Waals surface area contributed by atoms with Crippen LogP contribution >= 0.6 is 0 Å². The van der Waals surface area contributed by atoms with Crippen molar-refractivity contribution in [3.05, 3.63) is 35.8 Å². The first-order chi connectivity index (χ1) is 16.1. The molecule has 4 aromatic heterocycles. The fourth-order valence-electron chi connectivity index (χ4n) is 3.70. The first-order valence-electron chi connectivity index (χ1n) is 10.6. The highest BCUT2D eigenvalue weighted by Gasteiger charge is 2.22. The van der Waals surface area contributed by atoms with Gasteiger partial charge in [0.05, 0.1) is 34.9 Å². The molecule has 12 heteroatoms. The third kappa shape index (κ3) is 5.00. The van der Waals surface area contributed by atoms with E-state index < -0.39 is 0 Å². The Morgan fingerprint density at radius 3 is 2.76 bits per heavy atom. The lowest BCUT2D eigenvalue weighted by Crippen LogP contribution is -2.28. The number of carbonyl (C=O) groups is 1. The van der Waals surface area contributed by atoms with E-state index in [1.165, 1.54) is 0 Å². The van der Waals surface area contributed by atoms with Crippen LogP contribution in [0.5, 0.6) is 0 Å². The van der Waals surface area contributed by atoms with E-state index in [1.54, 1.807) is 6.20 Å². The molecule has 5 rings (SSSR count). The normalized spacial score (nSPS) is 14.1. The zero-order valence-corrected chi connectivity index (χ0v) is 18.4. The maximum atomic E-state index is 8.36. The number of carboxylic acid groups (broad SMARTS) is 1. The van der Waals surface area contributed by atoms with E-state index in [9.17, 15) is 0 Å². The van der Waals surface area contributed by atoms with Gasteiger partial charge in [-0.1, -0.05) is 5.16 Å². The van der Waals surface area contributed by atoms with Crippen molar-refractivity contribution in [3.8, 4) is 11.5 Å². The van der Waals surface area contributed by atoms with Gasteiger partial charge in [-0.05, 0) is 26.7 Å². The summed E-state index contributed by atoms with van der Waals surface area (Å²) < 4.78 is 18.6. The number of hydrogen-bond donors (Lipinski definition) is 2. The molecule has 5 heterocycles. The van der Waals surface area contributed by atoms with Gasteiger partial charge in [0.15, 0.2) is 5.65 Å². The van der Waals surface area contributed by atoms with Crippen LogP contribution in [0.25, 0.3) is 22.5 Å². The molecule has 12 nitrogen and oxygen atoms in total. The molecule has 1 aliphatic rings. The van der Waals surface area contributed by atoms with E-state index in [2.05, 4.69) is 30.8 Å². The van der Waals surface area contributed by atoms with Crippen LogP contribution in [0, 0.1) is 6.92 Å². The number of aryl methyl sites for hydroxylation is 2. The standard InChI is InChI=1S/C20H23N7O3.CH2O2/c1-3-27-19-15(11-22-27)18(23-13-4-6-28-7-5-13)16(10-21-19)20-25-24-17(29-20)9-14-8-12(2)26-30-14;2-1-3/h8,10-11,13H,3-7,9H2,1-2H3,(H,21,23);1H,(H,2,3). The number of ether oxygens (including phenoxy) is 1. The lowest BCUT2D eigenvalue weighted by molar-refractivity contribution is -0.122. The lowest BCUT2D eigenvalue weighted by atomic mass is 10.1. The van der Waals surface area contributed by atoms with Crippen LogP contribution in [0.3, 0.4) is 0 Å². The van der Waals surface area contributed by atoms with Gasteiger partial charge in [-0.3, -0.25) is 4.79 Å². The zero-order valence-electron chi connectivity index (χ0n) is 18.4. The van der Waals surface area contributed by atoms with E-state index in [1.807, 2.05) is 30.8 Å². The summed E-state index contributed by atoms with van der Waals surface area (Å²) >= 11 is 0. The number of anilines is 1. The van der Waals surface area contributed by atoms with Crippen molar-refractivity contribution in [2.45, 2.75) is 45.7 Å². The Kier molecular flexibility index (Phi) is 6.93. The van der Waals surface area contributed by atoms with E-state index in [-0.39, 0.29) is 6.47 Å². The van der Waals surface area contributed by atoms with Gasteiger partial charge in [-0.15, -0.1) is 10.2 Å². The SMILES string of the molecule is CCn1ncc2c(NC3CCOCC3)c(-c3nnc(Cc4cc(C)no4)o3)cnc21.O=CO. The number of pyridine rings is 1. The second-order valence-corrected chi connectivity index (χ2v) is 7.49. The van der Waals surface area contributed by atoms with Gasteiger partial charge in [0.2, 0.25) is 5.89 Å². The molecular formula is C21H25N7O5. The number of hydrogen-bond acceptors (Lipinski definition) is 10. The zero-order chi connectivity index (χ0) is 23.2. The van der Waals surface area contributed by atoms with E-state index in [4.69, 9.17) is 23.6 Å². The Hall–Kier alpha value is -3.80. The Labute approximate surface area is 188 Å². The van der Waals surface area contributed by atoms with Crippen molar-refractivity contribution < 1.29 is 23.6 Å². The molecule has 0 aromatic carbocycles. The summed E-state index contributed by atoms with van der Waals surface area (Å²) in [6.07, 6.45) is 5.87. The molecule has 0 amide bonds. The molecule has 1 aliphatic heterocycles. The van der Waals surface area contributed by atoms with Crippen LogP contribution in [0.15, 0.2) is 27.4 Å². The summed E-state index contributed by atoms with van der Waals surface area (Å²) in [7, 11) is 0. The molecule has 0 saturated carbocycles. The predicted molar refractivity (Wildman–Crippen MR) is 117 cm³/mol. The number of rotatable bonds is 6. The summed E-state index contributed by atoms with van der Waals surface area (Å²) in [5.41, 5.74) is 3.32.